The summed E-state index contributed by atoms with van der Waals surface area (Å²) < 4.78 is 0.962. The molecule has 0 saturated heterocycles. The Balaban J connectivity index is 2.01. The van der Waals surface area contributed by atoms with Crippen LogP contribution in [0.5, 0.6) is 0 Å². The summed E-state index contributed by atoms with van der Waals surface area (Å²) in [6.45, 7) is 0.181. The molecule has 0 fully saturated rings. The second-order valence-corrected chi connectivity index (χ2v) is 5.97. The highest BCUT2D eigenvalue weighted by Gasteiger charge is 2.11. The molecule has 0 atom stereocenters. The summed E-state index contributed by atoms with van der Waals surface area (Å²) in [6.07, 6.45) is 0. The Morgan fingerprint density at radius 3 is 2.62 bits per heavy atom. The molecule has 2 aromatic rings. The van der Waals surface area contributed by atoms with Gasteiger partial charge in [0.05, 0.1) is 17.9 Å². The number of hydrogen-bond acceptors (Lipinski definition) is 3. The first kappa shape index (κ1) is 15.7. The van der Waals surface area contributed by atoms with Crippen molar-refractivity contribution in [3.8, 4) is 0 Å². The highest BCUT2D eigenvalue weighted by atomic mass is 79.9. The molecule has 0 radical (unpaired) electrons. The molecule has 21 heavy (non-hydrogen) atoms. The van der Waals surface area contributed by atoms with E-state index in [1.54, 1.807) is 30.1 Å². The maximum absolute atomic E-state index is 12.0. The molecule has 110 valence electrons. The molecule has 3 N–H and O–H groups in total. The molecule has 2 rings (SSSR count). The van der Waals surface area contributed by atoms with Crippen LogP contribution in [0.1, 0.15) is 0 Å². The first-order valence-electron chi connectivity index (χ1n) is 6.27. The van der Waals surface area contributed by atoms with Crippen molar-refractivity contribution in [2.45, 2.75) is 0 Å². The number of halogens is 2. The molecule has 0 saturated carbocycles. The van der Waals surface area contributed by atoms with Gasteiger partial charge in [-0.3, -0.25) is 4.79 Å². The van der Waals surface area contributed by atoms with Crippen molar-refractivity contribution in [2.24, 2.45) is 0 Å². The Kier molecular flexibility index (Phi) is 5.09. The molecule has 0 aliphatic rings. The standard InChI is InChI=1S/C15H15BrClN3O/c1-20(14-8-11(17)4-7-13(14)18)9-15(21)19-12-5-2-10(16)3-6-12/h2-8H,9,18H2,1H3,(H,19,21). The van der Waals surface area contributed by atoms with E-state index in [-0.39, 0.29) is 12.5 Å². The average Bonchev–Trinajstić information content (AvgIpc) is 2.44. The van der Waals surface area contributed by atoms with Crippen LogP contribution in [0.25, 0.3) is 0 Å². The third-order valence-corrected chi connectivity index (χ3v) is 3.68. The average molecular weight is 369 g/mol. The van der Waals surface area contributed by atoms with E-state index in [4.69, 9.17) is 17.3 Å². The first-order chi connectivity index (χ1) is 9.95. The minimum Gasteiger partial charge on any atom is -0.397 e. The number of nitrogens with two attached hydrogens (primary N) is 1. The normalized spacial score (nSPS) is 10.2. The lowest BCUT2D eigenvalue weighted by molar-refractivity contribution is -0.114. The predicted molar refractivity (Wildman–Crippen MR) is 91.9 cm³/mol. The smallest absolute Gasteiger partial charge is 0.243 e. The van der Waals surface area contributed by atoms with Gasteiger partial charge in [0.15, 0.2) is 0 Å². The Hall–Kier alpha value is -1.72. The van der Waals surface area contributed by atoms with Gasteiger partial charge in [-0.25, -0.2) is 0 Å². The van der Waals surface area contributed by atoms with E-state index in [2.05, 4.69) is 21.2 Å². The van der Waals surface area contributed by atoms with Crippen molar-refractivity contribution in [2.75, 3.05) is 29.5 Å². The van der Waals surface area contributed by atoms with Gasteiger partial charge in [-0.2, -0.15) is 0 Å². The number of benzene rings is 2. The molecule has 6 heteroatoms. The van der Waals surface area contributed by atoms with Gasteiger partial charge in [-0.15, -0.1) is 0 Å². The minimum absolute atomic E-state index is 0.126. The number of carbonyl (C=O) groups is 1. The number of carbonyl (C=O) groups excluding carboxylic acids is 1. The van der Waals surface area contributed by atoms with E-state index in [1.807, 2.05) is 24.3 Å². The number of amides is 1. The molecule has 0 spiro atoms. The van der Waals surface area contributed by atoms with Crippen molar-refractivity contribution < 1.29 is 4.79 Å². The summed E-state index contributed by atoms with van der Waals surface area (Å²) >= 11 is 9.30. The van der Waals surface area contributed by atoms with Crippen LogP contribution in [0.3, 0.4) is 0 Å². The van der Waals surface area contributed by atoms with Crippen molar-refractivity contribution in [3.63, 3.8) is 0 Å². The Morgan fingerprint density at radius 2 is 1.95 bits per heavy atom. The molecule has 0 bridgehead atoms. The summed E-state index contributed by atoms with van der Waals surface area (Å²) in [5.41, 5.74) is 7.96. The Bertz CT molecular complexity index is 646. The third kappa shape index (κ3) is 4.37. The van der Waals surface area contributed by atoms with E-state index in [1.165, 1.54) is 0 Å². The maximum atomic E-state index is 12.0. The van der Waals surface area contributed by atoms with E-state index in [0.29, 0.717) is 10.7 Å². The van der Waals surface area contributed by atoms with Gasteiger partial charge in [0.2, 0.25) is 5.91 Å². The number of likely N-dealkylation sites (N-methyl/N-ethyl adjacent to an activating group) is 1. The Labute approximate surface area is 137 Å². The quantitative estimate of drug-likeness (QED) is 0.808. The second-order valence-electron chi connectivity index (χ2n) is 4.61. The number of nitrogen functional groups attached to an aromatic ring is 1. The number of nitrogens with one attached hydrogen (secondary N) is 1. The summed E-state index contributed by atoms with van der Waals surface area (Å²) in [4.78, 5) is 13.8. The van der Waals surface area contributed by atoms with Crippen LogP contribution in [-0.2, 0) is 4.79 Å². The van der Waals surface area contributed by atoms with E-state index < -0.39 is 0 Å². The minimum atomic E-state index is -0.126. The zero-order chi connectivity index (χ0) is 15.4. The monoisotopic (exact) mass is 367 g/mol. The molecule has 0 heterocycles. The molecular weight excluding hydrogens is 354 g/mol. The fourth-order valence-corrected chi connectivity index (χ4v) is 2.31. The van der Waals surface area contributed by atoms with Crippen molar-refractivity contribution >= 4 is 50.5 Å². The van der Waals surface area contributed by atoms with E-state index in [9.17, 15) is 4.79 Å². The van der Waals surface area contributed by atoms with Crippen LogP contribution in [0.2, 0.25) is 5.02 Å². The SMILES string of the molecule is CN(CC(=O)Nc1ccc(Br)cc1)c1cc(Cl)ccc1N. The largest absolute Gasteiger partial charge is 0.397 e. The number of rotatable bonds is 4. The van der Waals surface area contributed by atoms with Gasteiger partial charge in [0.1, 0.15) is 0 Å². The van der Waals surface area contributed by atoms with Crippen molar-refractivity contribution in [1.82, 2.24) is 0 Å². The predicted octanol–water partition coefficient (Wildman–Crippen LogP) is 3.76. The highest BCUT2D eigenvalue weighted by Crippen LogP contribution is 2.25. The van der Waals surface area contributed by atoms with Crippen LogP contribution in [0.4, 0.5) is 17.1 Å². The van der Waals surface area contributed by atoms with Gasteiger partial charge in [0.25, 0.3) is 0 Å². The Morgan fingerprint density at radius 1 is 1.29 bits per heavy atom. The van der Waals surface area contributed by atoms with Gasteiger partial charge < -0.3 is 16.0 Å². The van der Waals surface area contributed by atoms with Gasteiger partial charge in [0, 0.05) is 22.2 Å². The summed E-state index contributed by atoms with van der Waals surface area (Å²) in [6, 6.07) is 12.6. The topological polar surface area (TPSA) is 58.4 Å². The van der Waals surface area contributed by atoms with Gasteiger partial charge in [-0.05, 0) is 42.5 Å². The third-order valence-electron chi connectivity index (χ3n) is 2.91. The maximum Gasteiger partial charge on any atom is 0.243 e. The fraction of sp³-hybridized carbons (Fsp3) is 0.133. The lowest BCUT2D eigenvalue weighted by Crippen LogP contribution is -2.30. The number of anilines is 3. The molecular formula is C15H15BrClN3O. The number of nitrogens with zero attached hydrogens (tertiary/aromatic N) is 1. The zero-order valence-electron chi connectivity index (χ0n) is 11.4. The molecule has 0 aliphatic heterocycles. The lowest BCUT2D eigenvalue weighted by Gasteiger charge is -2.20. The lowest BCUT2D eigenvalue weighted by atomic mass is 10.2. The summed E-state index contributed by atoms with van der Waals surface area (Å²) in [5, 5.41) is 3.41. The summed E-state index contributed by atoms with van der Waals surface area (Å²) in [5.74, 6) is -0.126. The van der Waals surface area contributed by atoms with Crippen molar-refractivity contribution in [1.29, 1.82) is 0 Å². The van der Waals surface area contributed by atoms with E-state index >= 15 is 0 Å². The van der Waals surface area contributed by atoms with Crippen molar-refractivity contribution in [3.05, 3.63) is 52.0 Å². The molecule has 1 amide bonds. The van der Waals surface area contributed by atoms with Crippen LogP contribution >= 0.6 is 27.5 Å². The molecule has 0 aromatic heterocycles. The van der Waals surface area contributed by atoms with Crippen LogP contribution < -0.4 is 16.0 Å². The van der Waals surface area contributed by atoms with Gasteiger partial charge >= 0.3 is 0 Å². The zero-order valence-corrected chi connectivity index (χ0v) is 13.8. The fourth-order valence-electron chi connectivity index (χ4n) is 1.88. The van der Waals surface area contributed by atoms with Gasteiger partial charge in [-0.1, -0.05) is 27.5 Å². The molecule has 2 aromatic carbocycles. The van der Waals surface area contributed by atoms with Crippen LogP contribution in [0, 0.1) is 0 Å². The molecule has 0 aliphatic carbocycles. The first-order valence-corrected chi connectivity index (χ1v) is 7.44. The molecule has 4 nitrogen and oxygen atoms in total. The highest BCUT2D eigenvalue weighted by molar-refractivity contribution is 9.10. The van der Waals surface area contributed by atoms with Crippen LogP contribution in [0.15, 0.2) is 46.9 Å². The molecule has 0 unspecified atom stereocenters. The second kappa shape index (κ2) is 6.83. The summed E-state index contributed by atoms with van der Waals surface area (Å²) in [7, 11) is 1.79. The van der Waals surface area contributed by atoms with E-state index in [0.717, 1.165) is 15.8 Å². The number of hydrogen-bond donors (Lipinski definition) is 2. The van der Waals surface area contributed by atoms with Crippen LogP contribution in [-0.4, -0.2) is 19.5 Å².